The Morgan fingerprint density at radius 2 is 2.24 bits per heavy atom. The van der Waals surface area contributed by atoms with E-state index in [1.54, 1.807) is 11.3 Å². The highest BCUT2D eigenvalue weighted by atomic mass is 32.1. The molecule has 0 aromatic carbocycles. The van der Waals surface area contributed by atoms with Crippen LogP contribution in [0.4, 0.5) is 5.82 Å². The Morgan fingerprint density at radius 3 is 2.88 bits per heavy atom. The molecule has 2 heterocycles. The Balaban J connectivity index is 2.15. The normalized spacial score (nSPS) is 12.4. The summed E-state index contributed by atoms with van der Waals surface area (Å²) in [5.74, 6) is 1.73. The number of hydrogen-bond donors (Lipinski definition) is 1. The summed E-state index contributed by atoms with van der Waals surface area (Å²) in [6.45, 7) is 6.18. The van der Waals surface area contributed by atoms with E-state index in [-0.39, 0.29) is 6.04 Å². The number of aromatic nitrogens is 2. The van der Waals surface area contributed by atoms with Crippen LogP contribution in [0.1, 0.15) is 37.0 Å². The molecule has 1 N–H and O–H groups in total. The molecular formula is C13H17N3S. The first-order valence-corrected chi connectivity index (χ1v) is 6.76. The van der Waals surface area contributed by atoms with Gasteiger partial charge in [-0.1, -0.05) is 6.92 Å². The van der Waals surface area contributed by atoms with Crippen LogP contribution in [0.2, 0.25) is 0 Å². The number of thiophene rings is 1. The van der Waals surface area contributed by atoms with Gasteiger partial charge in [0.25, 0.3) is 0 Å². The van der Waals surface area contributed by atoms with Crippen LogP contribution in [0.15, 0.2) is 22.9 Å². The number of anilines is 1. The molecule has 1 atom stereocenters. The van der Waals surface area contributed by atoms with E-state index >= 15 is 0 Å². The number of hydrogen-bond acceptors (Lipinski definition) is 4. The first-order chi connectivity index (χ1) is 8.19. The number of nitrogens with one attached hydrogen (secondary N) is 1. The molecule has 2 aromatic rings. The van der Waals surface area contributed by atoms with E-state index in [4.69, 9.17) is 0 Å². The predicted molar refractivity (Wildman–Crippen MR) is 72.5 cm³/mol. The van der Waals surface area contributed by atoms with E-state index < -0.39 is 0 Å². The molecule has 0 bridgehead atoms. The van der Waals surface area contributed by atoms with Crippen LogP contribution in [0, 0.1) is 6.92 Å². The van der Waals surface area contributed by atoms with Gasteiger partial charge in [0.15, 0.2) is 0 Å². The van der Waals surface area contributed by atoms with Crippen LogP contribution in [-0.2, 0) is 6.42 Å². The topological polar surface area (TPSA) is 37.8 Å². The van der Waals surface area contributed by atoms with Crippen molar-refractivity contribution in [3.63, 3.8) is 0 Å². The summed E-state index contributed by atoms with van der Waals surface area (Å²) in [6, 6.07) is 4.44. The molecule has 2 aromatic heterocycles. The summed E-state index contributed by atoms with van der Waals surface area (Å²) in [5.41, 5.74) is 2.38. The van der Waals surface area contributed by atoms with Gasteiger partial charge >= 0.3 is 0 Å². The van der Waals surface area contributed by atoms with Gasteiger partial charge in [-0.25, -0.2) is 9.97 Å². The van der Waals surface area contributed by atoms with E-state index in [9.17, 15) is 0 Å². The largest absolute Gasteiger partial charge is 0.363 e. The Bertz CT molecular complexity index is 479. The van der Waals surface area contributed by atoms with Crippen LogP contribution >= 0.6 is 11.3 Å². The zero-order valence-electron chi connectivity index (χ0n) is 10.4. The Labute approximate surface area is 106 Å². The van der Waals surface area contributed by atoms with Crippen molar-refractivity contribution in [1.82, 2.24) is 9.97 Å². The smallest absolute Gasteiger partial charge is 0.130 e. The Kier molecular flexibility index (Phi) is 3.74. The second-order valence-electron chi connectivity index (χ2n) is 4.07. The molecular weight excluding hydrogens is 230 g/mol. The van der Waals surface area contributed by atoms with E-state index in [2.05, 4.69) is 46.0 Å². The lowest BCUT2D eigenvalue weighted by molar-refractivity contribution is 0.862. The molecule has 0 aliphatic carbocycles. The minimum atomic E-state index is 0.278. The van der Waals surface area contributed by atoms with Gasteiger partial charge in [-0.3, -0.25) is 0 Å². The van der Waals surface area contributed by atoms with Gasteiger partial charge in [0.1, 0.15) is 11.6 Å². The Morgan fingerprint density at radius 1 is 1.41 bits per heavy atom. The second kappa shape index (κ2) is 5.27. The van der Waals surface area contributed by atoms with E-state index in [0.717, 1.165) is 23.8 Å². The second-order valence-corrected chi connectivity index (χ2v) is 4.85. The fourth-order valence-electron chi connectivity index (χ4n) is 1.71. The fraction of sp³-hybridized carbons (Fsp3) is 0.385. The van der Waals surface area contributed by atoms with Crippen molar-refractivity contribution in [2.75, 3.05) is 5.32 Å². The minimum absolute atomic E-state index is 0.278. The maximum atomic E-state index is 4.41. The molecule has 1 unspecified atom stereocenters. The maximum absolute atomic E-state index is 4.41. The van der Waals surface area contributed by atoms with Gasteiger partial charge in [0.2, 0.25) is 0 Å². The minimum Gasteiger partial charge on any atom is -0.363 e. The fourth-order valence-corrected chi connectivity index (χ4v) is 2.47. The van der Waals surface area contributed by atoms with Gasteiger partial charge in [0, 0.05) is 11.8 Å². The molecule has 17 heavy (non-hydrogen) atoms. The first-order valence-electron chi connectivity index (χ1n) is 5.82. The zero-order chi connectivity index (χ0) is 12.3. The highest BCUT2D eigenvalue weighted by Gasteiger charge is 2.07. The van der Waals surface area contributed by atoms with E-state index in [0.29, 0.717) is 0 Å². The third kappa shape index (κ3) is 3.03. The molecule has 0 saturated heterocycles. The van der Waals surface area contributed by atoms with Crippen molar-refractivity contribution in [3.05, 3.63) is 40.0 Å². The lowest BCUT2D eigenvalue weighted by atomic mass is 10.2. The lowest BCUT2D eigenvalue weighted by Gasteiger charge is -2.14. The van der Waals surface area contributed by atoms with Crippen molar-refractivity contribution in [2.45, 2.75) is 33.2 Å². The van der Waals surface area contributed by atoms with E-state index in [1.807, 2.05) is 13.0 Å². The summed E-state index contributed by atoms with van der Waals surface area (Å²) in [6.07, 6.45) is 0.935. The molecule has 90 valence electrons. The lowest BCUT2D eigenvalue weighted by Crippen LogP contribution is -2.09. The molecule has 2 rings (SSSR count). The number of aryl methyl sites for hydroxylation is 2. The standard InChI is InChI=1S/C13H17N3S/c1-4-12-7-13(16-10(3)15-12)14-9(2)11-5-6-17-8-11/h5-9H,4H2,1-3H3,(H,14,15,16). The highest BCUT2D eigenvalue weighted by Crippen LogP contribution is 2.20. The summed E-state index contributed by atoms with van der Waals surface area (Å²) < 4.78 is 0. The molecule has 0 radical (unpaired) electrons. The van der Waals surface area contributed by atoms with Gasteiger partial charge in [-0.15, -0.1) is 0 Å². The Hall–Kier alpha value is -1.42. The quantitative estimate of drug-likeness (QED) is 0.897. The van der Waals surface area contributed by atoms with Crippen LogP contribution < -0.4 is 5.32 Å². The van der Waals surface area contributed by atoms with Crippen LogP contribution in [0.3, 0.4) is 0 Å². The van der Waals surface area contributed by atoms with Gasteiger partial charge in [-0.05, 0) is 42.7 Å². The monoisotopic (exact) mass is 247 g/mol. The van der Waals surface area contributed by atoms with Crippen LogP contribution in [0.25, 0.3) is 0 Å². The van der Waals surface area contributed by atoms with Crippen LogP contribution in [0.5, 0.6) is 0 Å². The van der Waals surface area contributed by atoms with Crippen molar-refractivity contribution in [2.24, 2.45) is 0 Å². The molecule has 0 saturated carbocycles. The molecule has 4 heteroatoms. The third-order valence-electron chi connectivity index (χ3n) is 2.66. The highest BCUT2D eigenvalue weighted by molar-refractivity contribution is 7.07. The summed E-state index contributed by atoms with van der Waals surface area (Å²) in [5, 5.41) is 7.67. The van der Waals surface area contributed by atoms with Gasteiger partial charge in [0.05, 0.1) is 6.04 Å². The number of nitrogens with zero attached hydrogens (tertiary/aromatic N) is 2. The molecule has 0 amide bonds. The summed E-state index contributed by atoms with van der Waals surface area (Å²) in [4.78, 5) is 8.79. The SMILES string of the molecule is CCc1cc(NC(C)c2ccsc2)nc(C)n1. The van der Waals surface area contributed by atoms with E-state index in [1.165, 1.54) is 5.56 Å². The molecule has 0 fully saturated rings. The molecule has 0 spiro atoms. The third-order valence-corrected chi connectivity index (χ3v) is 3.36. The summed E-state index contributed by atoms with van der Waals surface area (Å²) >= 11 is 1.72. The summed E-state index contributed by atoms with van der Waals surface area (Å²) in [7, 11) is 0. The average Bonchev–Trinajstić information content (AvgIpc) is 2.81. The van der Waals surface area contributed by atoms with Gasteiger partial charge in [-0.2, -0.15) is 11.3 Å². The average molecular weight is 247 g/mol. The number of rotatable bonds is 4. The van der Waals surface area contributed by atoms with Gasteiger partial charge < -0.3 is 5.32 Å². The molecule has 0 aliphatic rings. The zero-order valence-corrected chi connectivity index (χ0v) is 11.2. The molecule has 0 aliphatic heterocycles. The predicted octanol–water partition coefficient (Wildman–Crippen LogP) is 3.58. The molecule has 3 nitrogen and oxygen atoms in total. The maximum Gasteiger partial charge on any atom is 0.130 e. The van der Waals surface area contributed by atoms with Crippen molar-refractivity contribution in [3.8, 4) is 0 Å². The van der Waals surface area contributed by atoms with Crippen LogP contribution in [-0.4, -0.2) is 9.97 Å². The first kappa shape index (κ1) is 12.0. The van der Waals surface area contributed by atoms with Crippen molar-refractivity contribution in [1.29, 1.82) is 0 Å². The van der Waals surface area contributed by atoms with Crippen molar-refractivity contribution >= 4 is 17.2 Å². The van der Waals surface area contributed by atoms with Crippen molar-refractivity contribution < 1.29 is 0 Å².